The maximum Gasteiger partial charge on any atom is 0.0918 e. The van der Waals surface area contributed by atoms with Crippen molar-refractivity contribution in [2.45, 2.75) is 39.2 Å². The highest BCUT2D eigenvalue weighted by Gasteiger charge is 2.14. The summed E-state index contributed by atoms with van der Waals surface area (Å²) in [5.74, 6) is 0.298. The molecule has 0 unspecified atom stereocenters. The molecule has 0 aromatic heterocycles. The van der Waals surface area contributed by atoms with Crippen LogP contribution in [0.1, 0.15) is 33.1 Å². The molecule has 1 rings (SSSR count). The van der Waals surface area contributed by atoms with Crippen molar-refractivity contribution < 1.29 is 0 Å². The van der Waals surface area contributed by atoms with Gasteiger partial charge in [0.05, 0.1) is 5.84 Å². The molecule has 1 saturated heterocycles. The van der Waals surface area contributed by atoms with E-state index in [4.69, 9.17) is 11.1 Å². The van der Waals surface area contributed by atoms with Crippen LogP contribution in [-0.2, 0) is 0 Å². The van der Waals surface area contributed by atoms with Crippen LogP contribution >= 0.6 is 0 Å². The Labute approximate surface area is 99.3 Å². The number of nitrogens with zero attached hydrogens (tertiary/aromatic N) is 2. The van der Waals surface area contributed by atoms with Crippen molar-refractivity contribution >= 4 is 5.84 Å². The van der Waals surface area contributed by atoms with Crippen molar-refractivity contribution in [1.29, 1.82) is 5.41 Å². The molecule has 4 nitrogen and oxygen atoms in total. The molecule has 0 radical (unpaired) electrons. The van der Waals surface area contributed by atoms with Crippen molar-refractivity contribution in [3.63, 3.8) is 0 Å². The zero-order chi connectivity index (χ0) is 12.0. The molecule has 1 heterocycles. The molecular weight excluding hydrogens is 200 g/mol. The molecule has 1 aliphatic rings. The van der Waals surface area contributed by atoms with E-state index in [1.54, 1.807) is 0 Å². The lowest BCUT2D eigenvalue weighted by atomic mass is 10.2. The molecule has 0 aromatic rings. The number of hydrogen-bond donors (Lipinski definition) is 2. The van der Waals surface area contributed by atoms with E-state index in [1.165, 1.54) is 25.9 Å². The fourth-order valence-electron chi connectivity index (χ4n) is 2.17. The van der Waals surface area contributed by atoms with Crippen LogP contribution in [0.25, 0.3) is 0 Å². The minimum Gasteiger partial charge on any atom is -0.388 e. The molecule has 0 atom stereocenters. The van der Waals surface area contributed by atoms with E-state index in [1.807, 2.05) is 0 Å². The largest absolute Gasteiger partial charge is 0.388 e. The quantitative estimate of drug-likeness (QED) is 0.505. The minimum absolute atomic E-state index is 0.298. The van der Waals surface area contributed by atoms with E-state index in [-0.39, 0.29) is 0 Å². The SMILES string of the molecule is CC(C)N(CCC(=N)N)CCN1CCCC1. The topological polar surface area (TPSA) is 56.4 Å². The average Bonchev–Trinajstić information content (AvgIpc) is 2.69. The summed E-state index contributed by atoms with van der Waals surface area (Å²) in [5.41, 5.74) is 5.41. The zero-order valence-corrected chi connectivity index (χ0v) is 10.7. The van der Waals surface area contributed by atoms with Crippen molar-refractivity contribution in [1.82, 2.24) is 9.80 Å². The predicted molar refractivity (Wildman–Crippen MR) is 68.9 cm³/mol. The highest BCUT2D eigenvalue weighted by Crippen LogP contribution is 2.08. The van der Waals surface area contributed by atoms with Crippen LogP contribution in [-0.4, -0.2) is 54.4 Å². The van der Waals surface area contributed by atoms with Crippen molar-refractivity contribution in [2.24, 2.45) is 5.73 Å². The molecular formula is C12H26N4. The third-order valence-corrected chi connectivity index (χ3v) is 3.30. The molecule has 1 aliphatic heterocycles. The van der Waals surface area contributed by atoms with Gasteiger partial charge in [0, 0.05) is 32.1 Å². The normalized spacial score (nSPS) is 17.5. The van der Waals surface area contributed by atoms with Gasteiger partial charge in [-0.05, 0) is 39.8 Å². The first kappa shape index (κ1) is 13.5. The minimum atomic E-state index is 0.298. The second kappa shape index (κ2) is 6.86. The third-order valence-electron chi connectivity index (χ3n) is 3.30. The summed E-state index contributed by atoms with van der Waals surface area (Å²) < 4.78 is 0. The van der Waals surface area contributed by atoms with Gasteiger partial charge in [0.1, 0.15) is 0 Å². The van der Waals surface area contributed by atoms with E-state index >= 15 is 0 Å². The Kier molecular flexibility index (Phi) is 5.77. The van der Waals surface area contributed by atoms with Gasteiger partial charge in [-0.25, -0.2) is 0 Å². The summed E-state index contributed by atoms with van der Waals surface area (Å²) >= 11 is 0. The van der Waals surface area contributed by atoms with Gasteiger partial charge in [-0.1, -0.05) is 0 Å². The van der Waals surface area contributed by atoms with E-state index < -0.39 is 0 Å². The van der Waals surface area contributed by atoms with Crippen LogP contribution in [0.4, 0.5) is 0 Å². The summed E-state index contributed by atoms with van der Waals surface area (Å²) in [5, 5.41) is 7.27. The fraction of sp³-hybridized carbons (Fsp3) is 0.917. The van der Waals surface area contributed by atoms with Crippen molar-refractivity contribution in [3.8, 4) is 0 Å². The molecule has 3 N–H and O–H groups in total. The first-order valence-corrected chi connectivity index (χ1v) is 6.39. The predicted octanol–water partition coefficient (Wildman–Crippen LogP) is 1.12. The maximum absolute atomic E-state index is 7.27. The van der Waals surface area contributed by atoms with Crippen LogP contribution in [0.15, 0.2) is 0 Å². The summed E-state index contributed by atoms with van der Waals surface area (Å²) in [6, 6.07) is 0.543. The Morgan fingerprint density at radius 2 is 1.94 bits per heavy atom. The second-order valence-electron chi connectivity index (χ2n) is 4.95. The Morgan fingerprint density at radius 1 is 1.31 bits per heavy atom. The average molecular weight is 226 g/mol. The van der Waals surface area contributed by atoms with Crippen LogP contribution in [0.3, 0.4) is 0 Å². The highest BCUT2D eigenvalue weighted by atomic mass is 15.2. The number of amidine groups is 1. The van der Waals surface area contributed by atoms with Gasteiger partial charge < -0.3 is 10.6 Å². The van der Waals surface area contributed by atoms with Crippen LogP contribution in [0, 0.1) is 5.41 Å². The lowest BCUT2D eigenvalue weighted by Crippen LogP contribution is -2.39. The van der Waals surface area contributed by atoms with Crippen LogP contribution in [0.5, 0.6) is 0 Å². The first-order valence-electron chi connectivity index (χ1n) is 6.39. The number of nitrogens with two attached hydrogens (primary N) is 1. The molecule has 0 bridgehead atoms. The highest BCUT2D eigenvalue weighted by molar-refractivity contribution is 5.76. The van der Waals surface area contributed by atoms with E-state index in [2.05, 4.69) is 23.6 Å². The Balaban J connectivity index is 2.23. The number of hydrogen-bond acceptors (Lipinski definition) is 3. The summed E-state index contributed by atoms with van der Waals surface area (Å²) in [6.07, 6.45) is 3.41. The van der Waals surface area contributed by atoms with Crippen LogP contribution in [0.2, 0.25) is 0 Å². The van der Waals surface area contributed by atoms with Gasteiger partial charge in [-0.3, -0.25) is 10.3 Å². The maximum atomic E-state index is 7.27. The third kappa shape index (κ3) is 4.94. The van der Waals surface area contributed by atoms with Gasteiger partial charge in [0.25, 0.3) is 0 Å². The smallest absolute Gasteiger partial charge is 0.0918 e. The molecule has 0 aliphatic carbocycles. The van der Waals surface area contributed by atoms with Crippen molar-refractivity contribution in [3.05, 3.63) is 0 Å². The lowest BCUT2D eigenvalue weighted by molar-refractivity contribution is 0.193. The molecule has 1 fully saturated rings. The van der Waals surface area contributed by atoms with E-state index in [0.29, 0.717) is 18.3 Å². The van der Waals surface area contributed by atoms with Gasteiger partial charge in [0.15, 0.2) is 0 Å². The molecule has 0 saturated carbocycles. The first-order chi connectivity index (χ1) is 7.59. The summed E-state index contributed by atoms with van der Waals surface area (Å²) in [7, 11) is 0. The van der Waals surface area contributed by atoms with Gasteiger partial charge in [-0.2, -0.15) is 0 Å². The zero-order valence-electron chi connectivity index (χ0n) is 10.7. The molecule has 0 aromatic carbocycles. The Bertz CT molecular complexity index is 209. The Morgan fingerprint density at radius 3 is 2.44 bits per heavy atom. The molecule has 0 amide bonds. The monoisotopic (exact) mass is 226 g/mol. The van der Waals surface area contributed by atoms with Crippen LogP contribution < -0.4 is 5.73 Å². The molecule has 4 heteroatoms. The molecule has 94 valence electrons. The second-order valence-corrected chi connectivity index (χ2v) is 4.95. The molecule has 16 heavy (non-hydrogen) atoms. The van der Waals surface area contributed by atoms with E-state index in [9.17, 15) is 0 Å². The van der Waals surface area contributed by atoms with Crippen molar-refractivity contribution in [2.75, 3.05) is 32.7 Å². The van der Waals surface area contributed by atoms with Gasteiger partial charge in [-0.15, -0.1) is 0 Å². The Hall–Kier alpha value is -0.610. The number of nitrogens with one attached hydrogen (secondary N) is 1. The molecule has 0 spiro atoms. The van der Waals surface area contributed by atoms with Gasteiger partial charge >= 0.3 is 0 Å². The fourth-order valence-corrected chi connectivity index (χ4v) is 2.17. The van der Waals surface area contributed by atoms with Gasteiger partial charge in [0.2, 0.25) is 0 Å². The lowest BCUT2D eigenvalue weighted by Gasteiger charge is -2.28. The number of rotatable bonds is 7. The summed E-state index contributed by atoms with van der Waals surface area (Å²) in [6.45, 7) is 10.1. The summed E-state index contributed by atoms with van der Waals surface area (Å²) in [4.78, 5) is 4.95. The van der Waals surface area contributed by atoms with E-state index in [0.717, 1.165) is 19.6 Å². The number of likely N-dealkylation sites (tertiary alicyclic amines) is 1. The standard InChI is InChI=1S/C12H26N4/c1-11(2)16(8-5-12(13)14)10-9-15-6-3-4-7-15/h11H,3-10H2,1-2H3,(H3,13,14).